The van der Waals surface area contributed by atoms with E-state index in [0.29, 0.717) is 11.8 Å². The third-order valence-corrected chi connectivity index (χ3v) is 10.7. The molecule has 8 rings (SSSR count). The number of nitrogens with zero attached hydrogens (tertiary/aromatic N) is 4. The summed E-state index contributed by atoms with van der Waals surface area (Å²) in [5, 5.41) is 0. The average molecular weight is 629 g/mol. The molecule has 5 aliphatic rings. The Kier molecular flexibility index (Phi) is 9.05. The van der Waals surface area contributed by atoms with Crippen molar-refractivity contribution < 1.29 is 0 Å². The second-order valence-electron chi connectivity index (χ2n) is 13.7. The van der Waals surface area contributed by atoms with Gasteiger partial charge in [0.15, 0.2) is 17.5 Å². The van der Waals surface area contributed by atoms with Gasteiger partial charge in [-0.2, -0.15) is 0 Å². The maximum atomic E-state index is 5.27. The van der Waals surface area contributed by atoms with Crippen molar-refractivity contribution in [3.8, 4) is 22.8 Å². The van der Waals surface area contributed by atoms with E-state index in [2.05, 4.69) is 73.0 Å². The Morgan fingerprint density at radius 2 is 1.27 bits per heavy atom. The number of rotatable bonds is 7. The van der Waals surface area contributed by atoms with Crippen molar-refractivity contribution in [3.05, 3.63) is 143 Å². The third-order valence-electron chi connectivity index (χ3n) is 10.7. The molecule has 4 heteroatoms. The zero-order chi connectivity index (χ0) is 32.1. The van der Waals surface area contributed by atoms with E-state index < -0.39 is 0 Å². The van der Waals surface area contributed by atoms with Gasteiger partial charge in [-0.05, 0) is 110 Å². The minimum absolute atomic E-state index is 0.422. The van der Waals surface area contributed by atoms with E-state index >= 15 is 0 Å². The second kappa shape index (κ2) is 14.2. The van der Waals surface area contributed by atoms with Crippen molar-refractivity contribution in [3.63, 3.8) is 0 Å². The molecule has 0 radical (unpaired) electrons. The van der Waals surface area contributed by atoms with Gasteiger partial charge in [-0.3, -0.25) is 4.99 Å². The maximum Gasteiger partial charge on any atom is 0.164 e. The predicted octanol–water partition coefficient (Wildman–Crippen LogP) is 11.2. The summed E-state index contributed by atoms with van der Waals surface area (Å²) < 4.78 is 0. The molecule has 0 spiro atoms. The molecule has 3 aromatic rings. The summed E-state index contributed by atoms with van der Waals surface area (Å²) in [4.78, 5) is 20.1. The van der Waals surface area contributed by atoms with Crippen LogP contribution < -0.4 is 0 Å². The highest BCUT2D eigenvalue weighted by atomic mass is 15.0. The van der Waals surface area contributed by atoms with Gasteiger partial charge in [-0.1, -0.05) is 103 Å². The van der Waals surface area contributed by atoms with Crippen LogP contribution in [-0.4, -0.2) is 20.7 Å². The Balaban J connectivity index is 1.03. The molecular formula is C44H44N4. The fourth-order valence-electron chi connectivity index (χ4n) is 7.97. The first-order chi connectivity index (χ1) is 23.8. The predicted molar refractivity (Wildman–Crippen MR) is 198 cm³/mol. The molecule has 2 unspecified atom stereocenters. The Bertz CT molecular complexity index is 1860. The molecule has 48 heavy (non-hydrogen) atoms. The van der Waals surface area contributed by atoms with Gasteiger partial charge in [0.1, 0.15) is 0 Å². The van der Waals surface area contributed by atoms with E-state index in [1.54, 1.807) is 5.57 Å². The van der Waals surface area contributed by atoms with Crippen LogP contribution in [0.15, 0.2) is 142 Å². The van der Waals surface area contributed by atoms with E-state index in [1.807, 2.05) is 36.4 Å². The molecule has 0 fully saturated rings. The second-order valence-corrected chi connectivity index (χ2v) is 13.7. The number of hydrogen-bond acceptors (Lipinski definition) is 4. The molecule has 2 heterocycles. The average Bonchev–Trinajstić information content (AvgIpc) is 3.19. The zero-order valence-corrected chi connectivity index (χ0v) is 27.8. The zero-order valence-electron chi connectivity index (χ0n) is 27.8. The molecule has 1 aromatic heterocycles. The number of aliphatic imine (C=N–C) groups is 1. The molecule has 0 saturated heterocycles. The van der Waals surface area contributed by atoms with Gasteiger partial charge < -0.3 is 0 Å². The fourth-order valence-corrected chi connectivity index (χ4v) is 7.97. The van der Waals surface area contributed by atoms with Gasteiger partial charge in [-0.15, -0.1) is 0 Å². The Hall–Kier alpha value is -4.70. The number of benzene rings is 2. The number of aromatic nitrogens is 3. The topological polar surface area (TPSA) is 51.0 Å². The van der Waals surface area contributed by atoms with Gasteiger partial charge in [0.25, 0.3) is 0 Å². The van der Waals surface area contributed by atoms with Crippen molar-refractivity contribution >= 4 is 11.3 Å². The van der Waals surface area contributed by atoms with Gasteiger partial charge in [0, 0.05) is 34.9 Å². The lowest BCUT2D eigenvalue weighted by Crippen LogP contribution is -2.29. The summed E-state index contributed by atoms with van der Waals surface area (Å²) in [6.07, 6.45) is 32.9. The Morgan fingerprint density at radius 3 is 1.90 bits per heavy atom. The fraction of sp³-hybridized carbons (Fsp3) is 0.318. The van der Waals surface area contributed by atoms with Crippen molar-refractivity contribution in [1.29, 1.82) is 0 Å². The molecule has 0 saturated carbocycles. The largest absolute Gasteiger partial charge is 0.264 e. The normalized spacial score (nSPS) is 22.8. The minimum atomic E-state index is 0.422. The highest BCUT2D eigenvalue weighted by Crippen LogP contribution is 2.41. The van der Waals surface area contributed by atoms with Gasteiger partial charge in [0.2, 0.25) is 0 Å². The third kappa shape index (κ3) is 6.67. The number of hydrogen-bond donors (Lipinski definition) is 0. The van der Waals surface area contributed by atoms with E-state index in [0.717, 1.165) is 73.5 Å². The first-order valence-electron chi connectivity index (χ1n) is 18.1. The van der Waals surface area contributed by atoms with Crippen molar-refractivity contribution in [2.24, 2.45) is 16.8 Å². The molecule has 0 bridgehead atoms. The lowest BCUT2D eigenvalue weighted by molar-refractivity contribution is 0.565. The molecule has 0 amide bonds. The Morgan fingerprint density at radius 1 is 0.562 bits per heavy atom. The summed E-state index contributed by atoms with van der Waals surface area (Å²) in [6, 6.07) is 20.5. The maximum absolute atomic E-state index is 5.27. The molecular weight excluding hydrogens is 585 g/mol. The molecule has 1 aliphatic heterocycles. The monoisotopic (exact) mass is 628 g/mol. The van der Waals surface area contributed by atoms with Crippen molar-refractivity contribution in [1.82, 2.24) is 15.0 Å². The van der Waals surface area contributed by atoms with Crippen LogP contribution in [0.1, 0.15) is 82.9 Å². The van der Waals surface area contributed by atoms with Crippen LogP contribution >= 0.6 is 0 Å². The lowest BCUT2D eigenvalue weighted by atomic mass is 9.73. The Labute approximate surface area is 285 Å². The van der Waals surface area contributed by atoms with Crippen LogP contribution in [0.4, 0.5) is 0 Å². The summed E-state index contributed by atoms with van der Waals surface area (Å²) in [5.74, 6) is 3.15. The first-order valence-corrected chi connectivity index (χ1v) is 18.1. The SMILES string of the molecule is C1=CC(C2CC(C3=CCCCC3)=CN=C2C2CC=C(C3=CC=C(c4nc(-c5ccccc5)nc(-c5ccccc5)n4)CC3)CC2)=CCC1. The van der Waals surface area contributed by atoms with Gasteiger partial charge >= 0.3 is 0 Å². The molecule has 0 N–H and O–H groups in total. The highest BCUT2D eigenvalue weighted by molar-refractivity contribution is 5.94. The van der Waals surface area contributed by atoms with Crippen LogP contribution in [0.3, 0.4) is 0 Å². The first kappa shape index (κ1) is 30.6. The molecule has 4 nitrogen and oxygen atoms in total. The minimum Gasteiger partial charge on any atom is -0.264 e. The standard InChI is InChI=1S/C44H44N4/c1-5-13-31(14-6-1)39-29-40(34-15-7-2-8-16-34)41(45-30-39)35-25-21-32(22-26-35)33-23-27-38(28-24-33)44-47-42(36-17-9-3-10-18-36)46-43(48-44)37-19-11-4-12-20-37/h3-4,7,9-13,15-21,23,27,30,35,40H,1-2,5-6,8,14,22,24-26,28-29H2. The molecule has 4 aliphatic carbocycles. The highest BCUT2D eigenvalue weighted by Gasteiger charge is 2.32. The van der Waals surface area contributed by atoms with Crippen LogP contribution in [0.5, 0.6) is 0 Å². The summed E-state index contributed by atoms with van der Waals surface area (Å²) in [6.45, 7) is 0. The van der Waals surface area contributed by atoms with Crippen molar-refractivity contribution in [2.75, 3.05) is 0 Å². The smallest absolute Gasteiger partial charge is 0.164 e. The van der Waals surface area contributed by atoms with Crippen LogP contribution in [0.25, 0.3) is 28.3 Å². The summed E-state index contributed by atoms with van der Waals surface area (Å²) in [5.41, 5.74) is 12.1. The summed E-state index contributed by atoms with van der Waals surface area (Å²) >= 11 is 0. The molecule has 240 valence electrons. The molecule has 2 aromatic carbocycles. The van der Waals surface area contributed by atoms with Gasteiger partial charge in [0.05, 0.1) is 0 Å². The van der Waals surface area contributed by atoms with Crippen LogP contribution in [0, 0.1) is 11.8 Å². The lowest BCUT2D eigenvalue weighted by Gasteiger charge is -2.34. The summed E-state index contributed by atoms with van der Waals surface area (Å²) in [7, 11) is 0. The van der Waals surface area contributed by atoms with E-state index in [1.165, 1.54) is 65.7 Å². The van der Waals surface area contributed by atoms with E-state index in [-0.39, 0.29) is 0 Å². The van der Waals surface area contributed by atoms with Crippen LogP contribution in [0.2, 0.25) is 0 Å². The van der Waals surface area contributed by atoms with E-state index in [9.17, 15) is 0 Å². The quantitative estimate of drug-likeness (QED) is 0.262. The van der Waals surface area contributed by atoms with Gasteiger partial charge in [-0.25, -0.2) is 15.0 Å². The number of allylic oxidation sites excluding steroid dienone is 13. The molecule has 2 atom stereocenters. The van der Waals surface area contributed by atoms with E-state index in [4.69, 9.17) is 19.9 Å². The van der Waals surface area contributed by atoms with Crippen molar-refractivity contribution in [2.45, 2.75) is 77.0 Å². The van der Waals surface area contributed by atoms with Crippen LogP contribution in [-0.2, 0) is 0 Å².